The van der Waals surface area contributed by atoms with Gasteiger partial charge in [-0.15, -0.1) is 0 Å². The first-order valence-corrected chi connectivity index (χ1v) is 9.20. The lowest BCUT2D eigenvalue weighted by atomic mass is 10.2. The van der Waals surface area contributed by atoms with E-state index >= 15 is 0 Å². The molecule has 8 heteroatoms. The summed E-state index contributed by atoms with van der Waals surface area (Å²) >= 11 is 3.38. The number of rotatable bonds is 3. The Morgan fingerprint density at radius 3 is 2.44 bits per heavy atom. The molecule has 0 aromatic heterocycles. The van der Waals surface area contributed by atoms with Gasteiger partial charge < -0.3 is 9.80 Å². The van der Waals surface area contributed by atoms with Gasteiger partial charge in [0.25, 0.3) is 5.91 Å². The monoisotopic (exact) mass is 432 g/mol. The van der Waals surface area contributed by atoms with Crippen LogP contribution in [-0.2, 0) is 4.79 Å². The number of aliphatic imine (C=N–C) groups is 1. The molecule has 0 atom stereocenters. The maximum atomic E-state index is 13.4. The molecule has 0 aliphatic carbocycles. The highest BCUT2D eigenvalue weighted by Crippen LogP contribution is 2.17. The van der Waals surface area contributed by atoms with Gasteiger partial charge in [0.1, 0.15) is 5.82 Å². The molecule has 0 unspecified atom stereocenters. The molecular weight excluding hydrogens is 415 g/mol. The fourth-order valence-electron chi connectivity index (χ4n) is 2.66. The van der Waals surface area contributed by atoms with Crippen LogP contribution in [0.15, 0.2) is 58.0 Å². The van der Waals surface area contributed by atoms with Crippen molar-refractivity contribution in [2.45, 2.75) is 0 Å². The van der Waals surface area contributed by atoms with Gasteiger partial charge in [0.05, 0.1) is 5.69 Å². The predicted molar refractivity (Wildman–Crippen MR) is 104 cm³/mol. The highest BCUT2D eigenvalue weighted by atomic mass is 79.9. The van der Waals surface area contributed by atoms with E-state index in [4.69, 9.17) is 0 Å². The van der Waals surface area contributed by atoms with Gasteiger partial charge in [-0.25, -0.2) is 9.38 Å². The zero-order valence-corrected chi connectivity index (χ0v) is 16.0. The molecule has 140 valence electrons. The predicted octanol–water partition coefficient (Wildman–Crippen LogP) is 2.78. The average molecular weight is 433 g/mol. The van der Waals surface area contributed by atoms with Crippen molar-refractivity contribution in [1.82, 2.24) is 15.1 Å². The summed E-state index contributed by atoms with van der Waals surface area (Å²) in [5.41, 5.74) is 0.885. The first-order chi connectivity index (χ1) is 13.0. The van der Waals surface area contributed by atoms with Gasteiger partial charge in [-0.05, 0) is 42.5 Å². The van der Waals surface area contributed by atoms with E-state index in [9.17, 15) is 14.0 Å². The minimum atomic E-state index is -0.478. The van der Waals surface area contributed by atoms with Gasteiger partial charge in [0, 0.05) is 36.2 Å². The van der Waals surface area contributed by atoms with E-state index in [0.29, 0.717) is 37.8 Å². The topological polar surface area (TPSA) is 65.0 Å². The Kier molecular flexibility index (Phi) is 6.18. The van der Waals surface area contributed by atoms with Gasteiger partial charge in [-0.1, -0.05) is 22.0 Å². The highest BCUT2D eigenvalue weighted by molar-refractivity contribution is 9.10. The summed E-state index contributed by atoms with van der Waals surface area (Å²) in [7, 11) is 0. The molecule has 0 saturated carbocycles. The maximum Gasteiger partial charge on any atom is 0.258 e. The summed E-state index contributed by atoms with van der Waals surface area (Å²) in [5.74, 6) is -0.547. The van der Waals surface area contributed by atoms with E-state index in [1.54, 1.807) is 11.0 Å². The molecular formula is C19H18BrFN4O2. The summed E-state index contributed by atoms with van der Waals surface area (Å²) in [4.78, 5) is 31.6. The lowest BCUT2D eigenvalue weighted by Crippen LogP contribution is -2.53. The summed E-state index contributed by atoms with van der Waals surface area (Å²) in [6, 6.07) is 12.8. The molecule has 2 aromatic carbocycles. The third kappa shape index (κ3) is 5.13. The van der Waals surface area contributed by atoms with E-state index in [1.807, 2.05) is 29.2 Å². The van der Waals surface area contributed by atoms with E-state index in [2.05, 4.69) is 26.2 Å². The highest BCUT2D eigenvalue weighted by Gasteiger charge is 2.21. The molecule has 1 saturated heterocycles. The first kappa shape index (κ1) is 19.0. The Morgan fingerprint density at radius 1 is 1.11 bits per heavy atom. The molecule has 1 fully saturated rings. The third-order valence-corrected chi connectivity index (χ3v) is 4.67. The number of piperazine rings is 1. The lowest BCUT2D eigenvalue weighted by molar-refractivity contribution is -0.119. The number of hydrogen-bond donors (Lipinski definition) is 1. The van der Waals surface area contributed by atoms with E-state index in [1.165, 1.54) is 18.2 Å². The summed E-state index contributed by atoms with van der Waals surface area (Å²) in [6.07, 6.45) is 0.814. The second kappa shape index (κ2) is 8.77. The van der Waals surface area contributed by atoms with Gasteiger partial charge >= 0.3 is 0 Å². The maximum absolute atomic E-state index is 13.4. The van der Waals surface area contributed by atoms with Crippen molar-refractivity contribution < 1.29 is 14.0 Å². The van der Waals surface area contributed by atoms with Crippen LogP contribution < -0.4 is 5.32 Å². The van der Waals surface area contributed by atoms with Gasteiger partial charge in [-0.3, -0.25) is 14.9 Å². The van der Waals surface area contributed by atoms with Gasteiger partial charge in [-0.2, -0.15) is 0 Å². The Bertz CT molecular complexity index is 849. The number of guanidine groups is 1. The van der Waals surface area contributed by atoms with Crippen LogP contribution in [0.2, 0.25) is 0 Å². The van der Waals surface area contributed by atoms with Crippen molar-refractivity contribution in [3.63, 3.8) is 0 Å². The van der Waals surface area contributed by atoms with E-state index in [-0.39, 0.29) is 5.56 Å². The number of hydrogen-bond acceptors (Lipinski definition) is 3. The number of halogens is 2. The van der Waals surface area contributed by atoms with Crippen molar-refractivity contribution >= 4 is 39.9 Å². The fourth-order valence-corrected chi connectivity index (χ4v) is 2.92. The van der Waals surface area contributed by atoms with Crippen LogP contribution in [0, 0.1) is 5.82 Å². The molecule has 1 aliphatic heterocycles. The van der Waals surface area contributed by atoms with Crippen LogP contribution >= 0.6 is 15.9 Å². The smallest absolute Gasteiger partial charge is 0.258 e. The number of nitrogens with zero attached hydrogens (tertiary/aromatic N) is 3. The molecule has 0 bridgehead atoms. The zero-order valence-electron chi connectivity index (χ0n) is 14.4. The first-order valence-electron chi connectivity index (χ1n) is 8.40. The zero-order chi connectivity index (χ0) is 19.2. The molecule has 2 amide bonds. The molecule has 1 aliphatic rings. The number of amides is 2. The van der Waals surface area contributed by atoms with Crippen molar-refractivity contribution in [2.24, 2.45) is 4.99 Å². The summed E-state index contributed by atoms with van der Waals surface area (Å²) in [5, 5.41) is 2.78. The normalized spacial score (nSPS) is 14.8. The molecule has 27 heavy (non-hydrogen) atoms. The van der Waals surface area contributed by atoms with Crippen LogP contribution in [0.5, 0.6) is 0 Å². The molecule has 2 aromatic rings. The number of carbonyl (C=O) groups excluding carboxylic acids is 2. The quantitative estimate of drug-likeness (QED) is 0.460. The second-order valence-electron chi connectivity index (χ2n) is 6.00. The van der Waals surface area contributed by atoms with Crippen molar-refractivity contribution in [3.8, 4) is 0 Å². The standard InChI is InChI=1S/C19H18BrFN4O2/c20-15-4-6-17(7-5-15)22-19(25-10-8-24(13-26)9-11-25)23-18(27)14-2-1-3-16(21)12-14/h1-7,12-13H,8-11H2,(H,22,23,27). The van der Waals surface area contributed by atoms with Crippen LogP contribution in [0.1, 0.15) is 10.4 Å². The summed E-state index contributed by atoms with van der Waals surface area (Å²) in [6.45, 7) is 2.16. The number of carbonyl (C=O) groups is 2. The van der Waals surface area contributed by atoms with Crippen molar-refractivity contribution in [1.29, 1.82) is 0 Å². The Morgan fingerprint density at radius 2 is 1.81 bits per heavy atom. The molecule has 0 spiro atoms. The van der Waals surface area contributed by atoms with Gasteiger partial charge in [0.2, 0.25) is 12.4 Å². The fraction of sp³-hybridized carbons (Fsp3) is 0.211. The van der Waals surface area contributed by atoms with Crippen LogP contribution in [0.4, 0.5) is 10.1 Å². The van der Waals surface area contributed by atoms with E-state index in [0.717, 1.165) is 10.9 Å². The minimum Gasteiger partial charge on any atom is -0.342 e. The summed E-state index contributed by atoms with van der Waals surface area (Å²) < 4.78 is 14.3. The number of benzene rings is 2. The van der Waals surface area contributed by atoms with E-state index < -0.39 is 11.7 Å². The average Bonchev–Trinajstić information content (AvgIpc) is 2.69. The van der Waals surface area contributed by atoms with Crippen molar-refractivity contribution in [2.75, 3.05) is 26.2 Å². The second-order valence-corrected chi connectivity index (χ2v) is 6.92. The molecule has 1 heterocycles. The molecule has 0 radical (unpaired) electrons. The van der Waals surface area contributed by atoms with Gasteiger partial charge in [0.15, 0.2) is 0 Å². The molecule has 6 nitrogen and oxygen atoms in total. The Labute approximate surface area is 164 Å². The minimum absolute atomic E-state index is 0.213. The van der Waals surface area contributed by atoms with Crippen LogP contribution in [0.3, 0.4) is 0 Å². The van der Waals surface area contributed by atoms with Crippen LogP contribution in [0.25, 0.3) is 0 Å². The molecule has 1 N–H and O–H groups in total. The molecule has 3 rings (SSSR count). The van der Waals surface area contributed by atoms with Crippen molar-refractivity contribution in [3.05, 3.63) is 64.4 Å². The number of nitrogens with one attached hydrogen (secondary N) is 1. The Balaban J connectivity index is 1.84. The largest absolute Gasteiger partial charge is 0.342 e. The lowest BCUT2D eigenvalue weighted by Gasteiger charge is -2.34. The Hall–Kier alpha value is -2.74. The van der Waals surface area contributed by atoms with Crippen LogP contribution in [-0.4, -0.2) is 54.3 Å². The SMILES string of the molecule is O=CN1CCN(C(=Nc2ccc(Br)cc2)NC(=O)c2cccc(F)c2)CC1. The third-order valence-electron chi connectivity index (χ3n) is 4.14.